The number of nitrogens with zero attached hydrogens (tertiary/aromatic N) is 10. The number of fused-ring (bicyclic) bond motifs is 6. The molecule has 0 aliphatic heterocycles. The number of rotatable bonds is 8. The van der Waals surface area contributed by atoms with E-state index in [-0.39, 0.29) is 0 Å². The summed E-state index contributed by atoms with van der Waals surface area (Å²) in [6.45, 7) is 0. The Bertz CT molecular complexity index is 3610. The van der Waals surface area contributed by atoms with Gasteiger partial charge in [0.1, 0.15) is 0 Å². The van der Waals surface area contributed by atoms with Crippen LogP contribution in [0.2, 0.25) is 0 Å². The first-order valence-electron chi connectivity index (χ1n) is 21.9. The van der Waals surface area contributed by atoms with Crippen LogP contribution in [0.25, 0.3) is 124 Å². The number of hydrogen-bond acceptors (Lipinski definition) is 9. The van der Waals surface area contributed by atoms with Crippen molar-refractivity contribution in [2.75, 3.05) is 0 Å². The van der Waals surface area contributed by atoms with Gasteiger partial charge < -0.3 is 4.42 Å². The molecule has 0 saturated heterocycles. The van der Waals surface area contributed by atoms with Crippen LogP contribution in [0.3, 0.4) is 0 Å². The van der Waals surface area contributed by atoms with E-state index in [1.165, 1.54) is 0 Å². The lowest BCUT2D eigenvalue weighted by Crippen LogP contribution is -2.06. The van der Waals surface area contributed by atoms with Crippen molar-refractivity contribution in [3.8, 4) is 80.4 Å². The van der Waals surface area contributed by atoms with Gasteiger partial charge in [0.05, 0.1) is 22.1 Å². The zero-order valence-electron chi connectivity index (χ0n) is 35.5. The molecule has 0 N–H and O–H groups in total. The van der Waals surface area contributed by atoms with Crippen LogP contribution in [-0.2, 0) is 0 Å². The molecule has 11 nitrogen and oxygen atoms in total. The largest absolute Gasteiger partial charge is 0.416 e. The summed E-state index contributed by atoms with van der Waals surface area (Å²) < 4.78 is 10.8. The molecule has 0 spiro atoms. The van der Waals surface area contributed by atoms with E-state index < -0.39 is 0 Å². The van der Waals surface area contributed by atoms with Gasteiger partial charge in [0, 0.05) is 54.9 Å². The number of aromatic nitrogens is 10. The van der Waals surface area contributed by atoms with Crippen LogP contribution in [0.5, 0.6) is 0 Å². The van der Waals surface area contributed by atoms with Gasteiger partial charge in [-0.1, -0.05) is 170 Å². The minimum Gasteiger partial charge on any atom is -0.416 e. The van der Waals surface area contributed by atoms with Crippen LogP contribution in [0.1, 0.15) is 0 Å². The topological polar surface area (TPSA) is 126 Å². The first kappa shape index (κ1) is 38.0. The zero-order valence-corrected chi connectivity index (χ0v) is 35.5. The second-order valence-corrected chi connectivity index (χ2v) is 16.1. The highest BCUT2D eigenvalue weighted by molar-refractivity contribution is 6.11. The van der Waals surface area contributed by atoms with Crippen molar-refractivity contribution in [1.82, 2.24) is 49.2 Å². The summed E-state index contributed by atoms with van der Waals surface area (Å²) in [5.41, 5.74) is 8.75. The van der Waals surface area contributed by atoms with Gasteiger partial charge in [-0.25, -0.2) is 9.97 Å². The van der Waals surface area contributed by atoms with Crippen LogP contribution < -0.4 is 0 Å². The molecule has 0 aliphatic rings. The molecule has 314 valence electrons. The van der Waals surface area contributed by atoms with Gasteiger partial charge in [-0.2, -0.15) is 19.9 Å². The molecule has 0 radical (unpaired) electrons. The molecule has 13 aromatic rings. The summed E-state index contributed by atoms with van der Waals surface area (Å²) in [6, 6.07) is 68.9. The van der Waals surface area contributed by atoms with Crippen molar-refractivity contribution in [1.29, 1.82) is 0 Å². The predicted octanol–water partition coefficient (Wildman–Crippen LogP) is 12.6. The van der Waals surface area contributed by atoms with Crippen LogP contribution >= 0.6 is 0 Å². The molecule has 0 saturated carbocycles. The molecule has 0 unspecified atom stereocenters. The van der Waals surface area contributed by atoms with Crippen molar-refractivity contribution >= 4 is 43.6 Å². The summed E-state index contributed by atoms with van der Waals surface area (Å²) in [7, 11) is 0. The fourth-order valence-corrected chi connectivity index (χ4v) is 8.89. The summed E-state index contributed by atoms with van der Waals surface area (Å²) in [5.74, 6) is 4.04. The van der Waals surface area contributed by atoms with Crippen molar-refractivity contribution < 1.29 is 4.42 Å². The Morgan fingerprint density at radius 1 is 0.269 bits per heavy atom. The summed E-state index contributed by atoms with van der Waals surface area (Å²) >= 11 is 0. The number of para-hydroxylation sites is 2. The second-order valence-electron chi connectivity index (χ2n) is 16.1. The maximum atomic E-state index is 6.58. The lowest BCUT2D eigenvalue weighted by atomic mass is 10.1. The predicted molar refractivity (Wildman–Crippen MR) is 262 cm³/mol. The third-order valence-electron chi connectivity index (χ3n) is 12.0. The van der Waals surface area contributed by atoms with E-state index >= 15 is 0 Å². The van der Waals surface area contributed by atoms with Crippen molar-refractivity contribution in [3.63, 3.8) is 0 Å². The minimum atomic E-state index is 0.373. The van der Waals surface area contributed by atoms with E-state index in [1.807, 2.05) is 158 Å². The fourth-order valence-electron chi connectivity index (χ4n) is 8.89. The SMILES string of the molecule is c1ccc(-c2nc(-c3ccccc3)nc(-n3c4ccccc4c4ccc(-c5nnc(-c6ccc7c8ccccc8n(-c8nc(-c9ccccc9)nc(-c9ccccc9)n8)c7c6)o5)cc43)n2)cc1. The molecule has 5 aromatic heterocycles. The van der Waals surface area contributed by atoms with Gasteiger partial charge in [-0.15, -0.1) is 10.2 Å². The molecule has 0 atom stereocenters. The maximum absolute atomic E-state index is 6.58. The average molecular weight is 863 g/mol. The molecule has 0 bridgehead atoms. The standard InChI is InChI=1S/C56H34N10O/c1-5-17-35(18-6-1)49-57-50(36-19-7-2-8-20-36)60-55(59-49)65-45-27-15-13-25-41(45)43-31-29-39(33-47(43)65)53-63-64-54(67-53)40-30-32-44-42-26-14-16-28-46(42)66(48(44)34-40)56-61-51(37-21-9-3-10-22-37)58-52(62-56)38-23-11-4-12-24-38/h1-34H. The Labute approximate surface area is 382 Å². The molecular weight excluding hydrogens is 829 g/mol. The summed E-state index contributed by atoms with van der Waals surface area (Å²) in [5, 5.41) is 13.4. The lowest BCUT2D eigenvalue weighted by Gasteiger charge is -2.11. The minimum absolute atomic E-state index is 0.373. The van der Waals surface area contributed by atoms with Gasteiger partial charge in [0.25, 0.3) is 0 Å². The van der Waals surface area contributed by atoms with Crippen LogP contribution in [-0.4, -0.2) is 49.2 Å². The normalized spacial score (nSPS) is 11.6. The molecule has 0 aliphatic carbocycles. The highest BCUT2D eigenvalue weighted by Gasteiger charge is 2.22. The number of benzene rings is 8. The second kappa shape index (κ2) is 15.6. The van der Waals surface area contributed by atoms with Crippen molar-refractivity contribution in [3.05, 3.63) is 206 Å². The Morgan fingerprint density at radius 2 is 0.582 bits per heavy atom. The summed E-state index contributed by atoms with van der Waals surface area (Å²) in [6.07, 6.45) is 0. The first-order valence-corrected chi connectivity index (χ1v) is 21.9. The molecule has 8 aromatic carbocycles. The summed E-state index contributed by atoms with van der Waals surface area (Å²) in [4.78, 5) is 30.3. The van der Waals surface area contributed by atoms with E-state index in [1.54, 1.807) is 0 Å². The smallest absolute Gasteiger partial charge is 0.248 e. The fraction of sp³-hybridized carbons (Fsp3) is 0. The van der Waals surface area contributed by atoms with E-state index in [9.17, 15) is 0 Å². The third-order valence-corrected chi connectivity index (χ3v) is 12.0. The van der Waals surface area contributed by atoms with Gasteiger partial charge in [-0.3, -0.25) is 9.13 Å². The highest BCUT2D eigenvalue weighted by atomic mass is 16.4. The van der Waals surface area contributed by atoms with Gasteiger partial charge in [0.2, 0.25) is 23.7 Å². The molecule has 67 heavy (non-hydrogen) atoms. The lowest BCUT2D eigenvalue weighted by molar-refractivity contribution is 0.584. The third kappa shape index (κ3) is 6.60. The van der Waals surface area contributed by atoms with Crippen molar-refractivity contribution in [2.24, 2.45) is 0 Å². The van der Waals surface area contributed by atoms with E-state index in [2.05, 4.69) is 67.9 Å². The van der Waals surface area contributed by atoms with E-state index in [4.69, 9.17) is 34.3 Å². The monoisotopic (exact) mass is 862 g/mol. The van der Waals surface area contributed by atoms with Crippen LogP contribution in [0.15, 0.2) is 211 Å². The molecular formula is C56H34N10O. The Kier molecular flexibility index (Phi) is 8.88. The zero-order chi connectivity index (χ0) is 44.3. The number of hydrogen-bond donors (Lipinski definition) is 0. The van der Waals surface area contributed by atoms with Crippen molar-refractivity contribution in [2.45, 2.75) is 0 Å². The maximum Gasteiger partial charge on any atom is 0.248 e. The van der Waals surface area contributed by atoms with Gasteiger partial charge >= 0.3 is 0 Å². The molecule has 11 heteroatoms. The Hall–Kier alpha value is -9.48. The van der Waals surface area contributed by atoms with Gasteiger partial charge in [0.15, 0.2) is 23.3 Å². The van der Waals surface area contributed by atoms with Crippen LogP contribution in [0.4, 0.5) is 0 Å². The first-order chi connectivity index (χ1) is 33.2. The Balaban J connectivity index is 0.946. The molecule has 13 rings (SSSR count). The molecule has 0 fully saturated rings. The Morgan fingerprint density at radius 3 is 0.940 bits per heavy atom. The quantitative estimate of drug-likeness (QED) is 0.147. The van der Waals surface area contributed by atoms with Crippen LogP contribution in [0, 0.1) is 0 Å². The van der Waals surface area contributed by atoms with E-state index in [0.717, 1.165) is 77.0 Å². The molecule has 0 amide bonds. The average Bonchev–Trinajstić information content (AvgIpc) is 4.12. The molecule has 5 heterocycles. The van der Waals surface area contributed by atoms with E-state index in [0.29, 0.717) is 47.0 Å². The highest BCUT2D eigenvalue weighted by Crippen LogP contribution is 2.38. The van der Waals surface area contributed by atoms with Gasteiger partial charge in [-0.05, 0) is 36.4 Å².